The van der Waals surface area contributed by atoms with Gasteiger partial charge >= 0.3 is 0 Å². The Balaban J connectivity index is 1.58. The van der Waals surface area contributed by atoms with Crippen LogP contribution >= 0.6 is 15.9 Å². The average Bonchev–Trinajstić information content (AvgIpc) is 3.22. The van der Waals surface area contributed by atoms with Crippen LogP contribution in [0.4, 0.5) is 8.78 Å². The number of rotatable bonds is 4. The highest BCUT2D eigenvalue weighted by Crippen LogP contribution is 2.25. The third-order valence-corrected chi connectivity index (χ3v) is 4.62. The van der Waals surface area contributed by atoms with Gasteiger partial charge in [0.05, 0.1) is 17.8 Å². The minimum absolute atomic E-state index is 0.0599. The molecule has 1 N–H and O–H groups in total. The summed E-state index contributed by atoms with van der Waals surface area (Å²) < 4.78 is 31.5. The molecule has 0 aliphatic heterocycles. The van der Waals surface area contributed by atoms with E-state index < -0.39 is 17.5 Å². The minimum Gasteiger partial charge on any atom is -0.346 e. The number of hydrogen-bond acceptors (Lipinski definition) is 3. The summed E-state index contributed by atoms with van der Waals surface area (Å²) >= 11 is 3.40. The van der Waals surface area contributed by atoms with E-state index in [-0.39, 0.29) is 23.4 Å². The van der Waals surface area contributed by atoms with Crippen LogP contribution in [0.25, 0.3) is 16.9 Å². The van der Waals surface area contributed by atoms with Gasteiger partial charge in [0.2, 0.25) is 0 Å². The van der Waals surface area contributed by atoms with Gasteiger partial charge < -0.3 is 9.72 Å². The summed E-state index contributed by atoms with van der Waals surface area (Å²) in [6.07, 6.45) is 5.17. The van der Waals surface area contributed by atoms with E-state index in [2.05, 4.69) is 31.3 Å². The maximum Gasteiger partial charge on any atom is 0.255 e. The number of nitrogens with one attached hydrogen (secondary N) is 1. The fourth-order valence-corrected chi connectivity index (χ4v) is 3.26. The Hall–Kier alpha value is -3.07. The lowest BCUT2D eigenvalue weighted by atomic mass is 10.1. The Bertz CT molecular complexity index is 1200. The third-order valence-electron chi connectivity index (χ3n) is 4.15. The quantitative estimate of drug-likeness (QED) is 0.520. The van der Waals surface area contributed by atoms with Crippen molar-refractivity contribution in [3.05, 3.63) is 76.3 Å². The zero-order valence-electron chi connectivity index (χ0n) is 14.7. The zero-order chi connectivity index (χ0) is 19.8. The first-order valence-electron chi connectivity index (χ1n) is 8.31. The molecule has 3 aromatic heterocycles. The standard InChI is InChI=1S/C19H14BrF2N5O/c1-26-10-15(18(25-26)14-4-3-12(21)6-16(14)22)19(28)23-7-13-9-27-8-11(20)2-5-17(27)24-13/h2-6,8-10H,7H2,1H3,(H,23,28). The van der Waals surface area contributed by atoms with Crippen LogP contribution in [-0.4, -0.2) is 25.1 Å². The Morgan fingerprint density at radius 1 is 1.18 bits per heavy atom. The molecule has 1 amide bonds. The molecule has 28 heavy (non-hydrogen) atoms. The van der Waals surface area contributed by atoms with E-state index in [4.69, 9.17) is 0 Å². The second kappa shape index (κ2) is 7.16. The fraction of sp³-hybridized carbons (Fsp3) is 0.105. The second-order valence-electron chi connectivity index (χ2n) is 6.22. The molecule has 0 spiro atoms. The third kappa shape index (κ3) is 3.53. The van der Waals surface area contributed by atoms with Gasteiger partial charge in [0.15, 0.2) is 0 Å². The molecule has 0 saturated carbocycles. The predicted octanol–water partition coefficient (Wildman–Crippen LogP) is 3.71. The molecule has 142 valence electrons. The van der Waals surface area contributed by atoms with Crippen molar-refractivity contribution in [2.75, 3.05) is 0 Å². The summed E-state index contributed by atoms with van der Waals surface area (Å²) in [6, 6.07) is 6.89. The number of fused-ring (bicyclic) bond motifs is 1. The predicted molar refractivity (Wildman–Crippen MR) is 103 cm³/mol. The van der Waals surface area contributed by atoms with Gasteiger partial charge in [-0.15, -0.1) is 0 Å². The summed E-state index contributed by atoms with van der Waals surface area (Å²) in [4.78, 5) is 17.1. The largest absolute Gasteiger partial charge is 0.346 e. The summed E-state index contributed by atoms with van der Waals surface area (Å²) in [7, 11) is 1.63. The molecule has 0 aliphatic rings. The lowest BCUT2D eigenvalue weighted by molar-refractivity contribution is 0.0951. The molecule has 0 atom stereocenters. The normalized spacial score (nSPS) is 11.1. The minimum atomic E-state index is -0.779. The molecule has 4 aromatic rings. The van der Waals surface area contributed by atoms with Crippen molar-refractivity contribution in [2.24, 2.45) is 7.05 Å². The van der Waals surface area contributed by atoms with E-state index in [0.29, 0.717) is 5.69 Å². The molecule has 0 unspecified atom stereocenters. The van der Waals surface area contributed by atoms with Gasteiger partial charge in [-0.05, 0) is 40.2 Å². The van der Waals surface area contributed by atoms with Crippen LogP contribution < -0.4 is 5.32 Å². The lowest BCUT2D eigenvalue weighted by Crippen LogP contribution is -2.23. The fourth-order valence-electron chi connectivity index (χ4n) is 2.90. The topological polar surface area (TPSA) is 64.2 Å². The molecular weight excluding hydrogens is 432 g/mol. The first-order chi connectivity index (χ1) is 13.4. The van der Waals surface area contributed by atoms with Gasteiger partial charge in [-0.1, -0.05) is 0 Å². The highest BCUT2D eigenvalue weighted by atomic mass is 79.9. The molecule has 4 rings (SSSR count). The number of amides is 1. The van der Waals surface area contributed by atoms with Gasteiger partial charge in [-0.3, -0.25) is 9.48 Å². The van der Waals surface area contributed by atoms with Crippen molar-refractivity contribution in [1.29, 1.82) is 0 Å². The van der Waals surface area contributed by atoms with Gasteiger partial charge in [-0.2, -0.15) is 5.10 Å². The molecule has 9 heteroatoms. The van der Waals surface area contributed by atoms with E-state index in [1.807, 2.05) is 28.9 Å². The van der Waals surface area contributed by atoms with Crippen LogP contribution in [0.15, 0.2) is 53.4 Å². The van der Waals surface area contributed by atoms with Crippen molar-refractivity contribution in [3.63, 3.8) is 0 Å². The van der Waals surface area contributed by atoms with Crippen LogP contribution in [0.3, 0.4) is 0 Å². The molecule has 0 fully saturated rings. The smallest absolute Gasteiger partial charge is 0.255 e. The first kappa shape index (κ1) is 18.3. The maximum absolute atomic E-state index is 14.2. The zero-order valence-corrected chi connectivity index (χ0v) is 16.2. The van der Waals surface area contributed by atoms with Gasteiger partial charge in [-0.25, -0.2) is 13.8 Å². The summed E-state index contributed by atoms with van der Waals surface area (Å²) in [5, 5.41) is 6.93. The highest BCUT2D eigenvalue weighted by molar-refractivity contribution is 9.10. The number of aryl methyl sites for hydroxylation is 1. The average molecular weight is 446 g/mol. The SMILES string of the molecule is Cn1cc(C(=O)NCc2cn3cc(Br)ccc3n2)c(-c2ccc(F)cc2F)n1. The monoisotopic (exact) mass is 445 g/mol. The molecule has 1 aromatic carbocycles. The van der Waals surface area contributed by atoms with E-state index in [1.54, 1.807) is 7.05 Å². The number of carbonyl (C=O) groups is 1. The Morgan fingerprint density at radius 3 is 2.79 bits per heavy atom. The molecule has 3 heterocycles. The van der Waals surface area contributed by atoms with Crippen LogP contribution in [0.1, 0.15) is 16.1 Å². The van der Waals surface area contributed by atoms with E-state index in [1.165, 1.54) is 16.9 Å². The Morgan fingerprint density at radius 2 is 2.00 bits per heavy atom. The molecule has 0 saturated heterocycles. The Kier molecular flexibility index (Phi) is 4.68. The van der Waals surface area contributed by atoms with Crippen molar-refractivity contribution >= 4 is 27.5 Å². The maximum atomic E-state index is 14.2. The molecule has 6 nitrogen and oxygen atoms in total. The van der Waals surface area contributed by atoms with Crippen LogP contribution in [0.5, 0.6) is 0 Å². The number of imidazole rings is 1. The van der Waals surface area contributed by atoms with Crippen molar-refractivity contribution in [1.82, 2.24) is 24.5 Å². The molecule has 0 aliphatic carbocycles. The summed E-state index contributed by atoms with van der Waals surface area (Å²) in [6.45, 7) is 0.193. The van der Waals surface area contributed by atoms with Crippen molar-refractivity contribution < 1.29 is 13.6 Å². The van der Waals surface area contributed by atoms with E-state index in [9.17, 15) is 13.6 Å². The summed E-state index contributed by atoms with van der Waals surface area (Å²) in [5.74, 6) is -1.90. The molecule has 0 bridgehead atoms. The van der Waals surface area contributed by atoms with Gasteiger partial charge in [0.1, 0.15) is 23.0 Å². The lowest BCUT2D eigenvalue weighted by Gasteiger charge is -2.05. The van der Waals surface area contributed by atoms with Gasteiger partial charge in [0.25, 0.3) is 5.91 Å². The number of carbonyl (C=O) groups excluding carboxylic acids is 1. The van der Waals surface area contributed by atoms with Crippen molar-refractivity contribution in [3.8, 4) is 11.3 Å². The van der Waals surface area contributed by atoms with Crippen LogP contribution in [-0.2, 0) is 13.6 Å². The number of pyridine rings is 1. The highest BCUT2D eigenvalue weighted by Gasteiger charge is 2.20. The second-order valence-corrected chi connectivity index (χ2v) is 7.13. The first-order valence-corrected chi connectivity index (χ1v) is 9.10. The molecule has 0 radical (unpaired) electrons. The van der Waals surface area contributed by atoms with Crippen LogP contribution in [0, 0.1) is 11.6 Å². The number of benzene rings is 1. The Labute approximate surface area is 166 Å². The summed E-state index contributed by atoms with van der Waals surface area (Å²) in [5.41, 5.74) is 1.83. The molecular formula is C19H14BrF2N5O. The number of nitrogens with zero attached hydrogens (tertiary/aromatic N) is 4. The number of aromatic nitrogens is 4. The van der Waals surface area contributed by atoms with E-state index in [0.717, 1.165) is 22.3 Å². The van der Waals surface area contributed by atoms with Gasteiger partial charge in [0, 0.05) is 41.7 Å². The van der Waals surface area contributed by atoms with Crippen LogP contribution in [0.2, 0.25) is 0 Å². The number of hydrogen-bond donors (Lipinski definition) is 1. The van der Waals surface area contributed by atoms with Crippen molar-refractivity contribution in [2.45, 2.75) is 6.54 Å². The number of halogens is 3. The van der Waals surface area contributed by atoms with E-state index >= 15 is 0 Å².